The number of carbonyl (C=O) groups is 1. The quantitative estimate of drug-likeness (QED) is 0.861. The smallest absolute Gasteiger partial charge is 0.222 e. The molecular formula is C17H23N3O3S. The number of hydrogen-bond acceptors (Lipinski definition) is 3. The third kappa shape index (κ3) is 4.15. The number of rotatable bonds is 5. The van der Waals surface area contributed by atoms with Crippen LogP contribution in [0.3, 0.4) is 0 Å². The first-order chi connectivity index (χ1) is 11.4. The Morgan fingerprint density at radius 3 is 2.96 bits per heavy atom. The van der Waals surface area contributed by atoms with Crippen molar-refractivity contribution in [3.63, 3.8) is 0 Å². The molecule has 24 heavy (non-hydrogen) atoms. The summed E-state index contributed by atoms with van der Waals surface area (Å²) in [7, 11) is -3.24. The van der Waals surface area contributed by atoms with E-state index in [1.165, 1.54) is 0 Å². The van der Waals surface area contributed by atoms with Crippen LogP contribution in [0.1, 0.15) is 24.8 Å². The van der Waals surface area contributed by atoms with Gasteiger partial charge in [-0.2, -0.15) is 0 Å². The molecule has 0 bridgehead atoms. The largest absolute Gasteiger partial charge is 0.361 e. The summed E-state index contributed by atoms with van der Waals surface area (Å²) < 4.78 is 25.3. The van der Waals surface area contributed by atoms with Gasteiger partial charge in [-0.25, -0.2) is 13.1 Å². The molecular weight excluding hydrogens is 326 g/mol. The van der Waals surface area contributed by atoms with Gasteiger partial charge in [0.15, 0.2) is 0 Å². The number of likely N-dealkylation sites (tertiary alicyclic amines) is 1. The molecule has 1 aliphatic rings. The number of piperidine rings is 1. The lowest BCUT2D eigenvalue weighted by atomic mass is 10.0. The summed E-state index contributed by atoms with van der Waals surface area (Å²) in [5.41, 5.74) is 2.22. The Kier molecular flexibility index (Phi) is 4.91. The molecule has 0 radical (unpaired) electrons. The minimum atomic E-state index is -3.24. The minimum absolute atomic E-state index is 0.0836. The fourth-order valence-electron chi connectivity index (χ4n) is 3.34. The number of para-hydroxylation sites is 1. The van der Waals surface area contributed by atoms with Gasteiger partial charge in [0, 0.05) is 42.7 Å². The maximum absolute atomic E-state index is 12.5. The predicted octanol–water partition coefficient (Wildman–Crippen LogP) is 1.64. The zero-order valence-corrected chi connectivity index (χ0v) is 14.6. The molecule has 1 saturated heterocycles. The van der Waals surface area contributed by atoms with E-state index in [0.29, 0.717) is 25.9 Å². The molecule has 0 unspecified atom stereocenters. The van der Waals surface area contributed by atoms with Gasteiger partial charge in [-0.3, -0.25) is 4.79 Å². The second-order valence-electron chi connectivity index (χ2n) is 6.43. The topological polar surface area (TPSA) is 82.3 Å². The third-order valence-corrected chi connectivity index (χ3v) is 5.20. The summed E-state index contributed by atoms with van der Waals surface area (Å²) in [5.74, 6) is 0.0836. The van der Waals surface area contributed by atoms with E-state index >= 15 is 0 Å². The molecule has 1 amide bonds. The average Bonchev–Trinajstić information content (AvgIpc) is 2.94. The summed E-state index contributed by atoms with van der Waals surface area (Å²) in [4.78, 5) is 17.5. The standard InChI is InChI=1S/C17H23N3O3S/c1-24(22,23)19-14-5-4-10-20(12-14)17(21)9-8-13-11-18-16-7-3-2-6-15(13)16/h2-3,6-7,11,14,18-19H,4-5,8-10,12H2,1H3/t14-/m1/s1. The maximum Gasteiger partial charge on any atom is 0.222 e. The number of nitrogens with zero attached hydrogens (tertiary/aromatic N) is 1. The van der Waals surface area contributed by atoms with Crippen molar-refractivity contribution in [1.82, 2.24) is 14.6 Å². The van der Waals surface area contributed by atoms with Crippen molar-refractivity contribution in [3.8, 4) is 0 Å². The normalized spacial score (nSPS) is 18.9. The highest BCUT2D eigenvalue weighted by Gasteiger charge is 2.25. The predicted molar refractivity (Wildman–Crippen MR) is 94.2 cm³/mol. The van der Waals surface area contributed by atoms with Crippen molar-refractivity contribution in [2.45, 2.75) is 31.7 Å². The van der Waals surface area contributed by atoms with Crippen molar-refractivity contribution in [3.05, 3.63) is 36.0 Å². The molecule has 2 N–H and O–H groups in total. The van der Waals surface area contributed by atoms with Crippen LogP contribution >= 0.6 is 0 Å². The molecule has 3 rings (SSSR count). The van der Waals surface area contributed by atoms with Crippen LogP contribution < -0.4 is 4.72 Å². The van der Waals surface area contributed by atoms with Crippen molar-refractivity contribution in [2.24, 2.45) is 0 Å². The maximum atomic E-state index is 12.5. The average molecular weight is 349 g/mol. The van der Waals surface area contributed by atoms with E-state index in [4.69, 9.17) is 0 Å². The number of benzene rings is 1. The Morgan fingerprint density at radius 1 is 1.38 bits per heavy atom. The zero-order chi connectivity index (χ0) is 17.2. The highest BCUT2D eigenvalue weighted by molar-refractivity contribution is 7.88. The van der Waals surface area contributed by atoms with E-state index in [1.54, 1.807) is 4.90 Å². The second kappa shape index (κ2) is 6.94. The van der Waals surface area contributed by atoms with E-state index in [1.807, 2.05) is 24.4 Å². The number of nitrogens with one attached hydrogen (secondary N) is 2. The Labute approximate surface area is 142 Å². The molecule has 1 aliphatic heterocycles. The van der Waals surface area contributed by atoms with Crippen LogP contribution in [0.15, 0.2) is 30.5 Å². The summed E-state index contributed by atoms with van der Waals surface area (Å²) in [5, 5.41) is 1.15. The third-order valence-electron chi connectivity index (χ3n) is 4.44. The number of fused-ring (bicyclic) bond motifs is 1. The Bertz CT molecular complexity index is 828. The lowest BCUT2D eigenvalue weighted by Crippen LogP contribution is -2.49. The summed E-state index contributed by atoms with van der Waals surface area (Å²) >= 11 is 0. The number of aryl methyl sites for hydroxylation is 1. The van der Waals surface area contributed by atoms with Crippen molar-refractivity contribution in [2.75, 3.05) is 19.3 Å². The fourth-order valence-corrected chi connectivity index (χ4v) is 4.14. The first-order valence-corrected chi connectivity index (χ1v) is 10.1. The van der Waals surface area contributed by atoms with Gasteiger partial charge in [-0.15, -0.1) is 0 Å². The molecule has 1 atom stereocenters. The Morgan fingerprint density at radius 2 is 2.17 bits per heavy atom. The van der Waals surface area contributed by atoms with Crippen LogP contribution in [0.4, 0.5) is 0 Å². The highest BCUT2D eigenvalue weighted by atomic mass is 32.2. The Hall–Kier alpha value is -1.86. The zero-order valence-electron chi connectivity index (χ0n) is 13.8. The van der Waals surface area contributed by atoms with E-state index in [0.717, 1.165) is 35.6 Å². The van der Waals surface area contributed by atoms with E-state index < -0.39 is 10.0 Å². The molecule has 0 saturated carbocycles. The van der Waals surface area contributed by atoms with Crippen LogP contribution in [0.2, 0.25) is 0 Å². The number of H-pyrrole nitrogens is 1. The molecule has 6 nitrogen and oxygen atoms in total. The van der Waals surface area contributed by atoms with Crippen LogP contribution in [0.25, 0.3) is 10.9 Å². The lowest BCUT2D eigenvalue weighted by molar-refractivity contribution is -0.132. The van der Waals surface area contributed by atoms with Gasteiger partial charge >= 0.3 is 0 Å². The number of aromatic nitrogens is 1. The van der Waals surface area contributed by atoms with Gasteiger partial charge in [0.05, 0.1) is 6.26 Å². The van der Waals surface area contributed by atoms with E-state index in [2.05, 4.69) is 15.8 Å². The first kappa shape index (κ1) is 17.0. The van der Waals surface area contributed by atoms with E-state index in [9.17, 15) is 13.2 Å². The van der Waals surface area contributed by atoms with Crippen molar-refractivity contribution in [1.29, 1.82) is 0 Å². The number of hydrogen-bond donors (Lipinski definition) is 2. The van der Waals surface area contributed by atoms with Gasteiger partial charge < -0.3 is 9.88 Å². The molecule has 2 aromatic rings. The monoisotopic (exact) mass is 349 g/mol. The van der Waals surface area contributed by atoms with Crippen LogP contribution in [-0.4, -0.2) is 49.6 Å². The van der Waals surface area contributed by atoms with Gasteiger partial charge in [-0.05, 0) is 30.9 Å². The van der Waals surface area contributed by atoms with E-state index in [-0.39, 0.29) is 11.9 Å². The number of aromatic amines is 1. The Balaban J connectivity index is 1.58. The van der Waals surface area contributed by atoms with Gasteiger partial charge in [0.1, 0.15) is 0 Å². The van der Waals surface area contributed by atoms with Crippen molar-refractivity contribution >= 4 is 26.8 Å². The van der Waals surface area contributed by atoms with Gasteiger partial charge in [-0.1, -0.05) is 18.2 Å². The summed E-state index contributed by atoms with van der Waals surface area (Å²) in [6.07, 6.45) is 5.84. The van der Waals surface area contributed by atoms with Crippen LogP contribution in [-0.2, 0) is 21.2 Å². The lowest BCUT2D eigenvalue weighted by Gasteiger charge is -2.32. The van der Waals surface area contributed by atoms with Crippen LogP contribution in [0, 0.1) is 0 Å². The first-order valence-electron chi connectivity index (χ1n) is 8.22. The molecule has 7 heteroatoms. The highest BCUT2D eigenvalue weighted by Crippen LogP contribution is 2.20. The van der Waals surface area contributed by atoms with Crippen molar-refractivity contribution < 1.29 is 13.2 Å². The number of carbonyl (C=O) groups excluding carboxylic acids is 1. The summed E-state index contributed by atoms with van der Waals surface area (Å²) in [6.45, 7) is 1.16. The minimum Gasteiger partial charge on any atom is -0.361 e. The van der Waals surface area contributed by atoms with Crippen LogP contribution in [0.5, 0.6) is 0 Å². The number of amides is 1. The molecule has 1 fully saturated rings. The molecule has 1 aromatic heterocycles. The number of sulfonamides is 1. The fraction of sp³-hybridized carbons (Fsp3) is 0.471. The molecule has 0 aliphatic carbocycles. The summed E-state index contributed by atoms with van der Waals surface area (Å²) in [6, 6.07) is 7.88. The van der Waals surface area contributed by atoms with Gasteiger partial charge in [0.25, 0.3) is 0 Å². The second-order valence-corrected chi connectivity index (χ2v) is 8.21. The molecule has 0 spiro atoms. The molecule has 130 valence electrons. The molecule has 2 heterocycles. The van der Waals surface area contributed by atoms with Gasteiger partial charge in [0.2, 0.25) is 15.9 Å². The molecule has 1 aromatic carbocycles. The SMILES string of the molecule is CS(=O)(=O)N[C@@H]1CCCN(C(=O)CCc2c[nH]c3ccccc23)C1.